The number of hydrogen-bond acceptors (Lipinski definition) is 5. The van der Waals surface area contributed by atoms with Gasteiger partial charge in [-0.15, -0.1) is 0 Å². The maximum atomic E-state index is 13.0. The van der Waals surface area contributed by atoms with Crippen molar-refractivity contribution in [2.24, 2.45) is 0 Å². The Morgan fingerprint density at radius 2 is 2.00 bits per heavy atom. The highest BCUT2D eigenvalue weighted by Crippen LogP contribution is 2.32. The lowest BCUT2D eigenvalue weighted by atomic mass is 10.1. The lowest BCUT2D eigenvalue weighted by molar-refractivity contribution is -0.137. The highest BCUT2D eigenvalue weighted by molar-refractivity contribution is 7.98. The molecule has 1 amide bonds. The average Bonchev–Trinajstić information content (AvgIpc) is 3.15. The van der Waals surface area contributed by atoms with Crippen molar-refractivity contribution >= 4 is 46.1 Å². The molecule has 34 heavy (non-hydrogen) atoms. The Kier molecular flexibility index (Phi) is 6.99. The van der Waals surface area contributed by atoms with E-state index in [1.807, 2.05) is 0 Å². The maximum Gasteiger partial charge on any atom is 0.416 e. The molecule has 0 saturated heterocycles. The molecule has 176 valence electrons. The second-order valence-corrected chi connectivity index (χ2v) is 8.59. The van der Waals surface area contributed by atoms with Crippen molar-refractivity contribution in [1.29, 1.82) is 0 Å². The number of carbonyl (C=O) groups excluding carboxylic acids is 1. The zero-order valence-corrected chi connectivity index (χ0v) is 19.3. The summed E-state index contributed by atoms with van der Waals surface area (Å²) in [6, 6.07) is 13.5. The number of halogens is 4. The minimum atomic E-state index is -4.42. The van der Waals surface area contributed by atoms with Crippen LogP contribution in [0.25, 0.3) is 11.2 Å². The van der Waals surface area contributed by atoms with Crippen LogP contribution in [0.3, 0.4) is 0 Å². The Hall–Kier alpha value is -3.24. The van der Waals surface area contributed by atoms with Crippen LogP contribution in [-0.2, 0) is 23.3 Å². The van der Waals surface area contributed by atoms with E-state index in [4.69, 9.17) is 16.3 Å². The number of nitrogens with one attached hydrogen (secondary N) is 1. The molecule has 0 aliphatic carbocycles. The molecule has 0 saturated carbocycles. The number of carbonyl (C=O) groups is 1. The van der Waals surface area contributed by atoms with Crippen molar-refractivity contribution in [3.8, 4) is 5.75 Å². The lowest BCUT2D eigenvalue weighted by Gasteiger charge is -2.12. The molecule has 0 bridgehead atoms. The normalized spacial score (nSPS) is 11.6. The first kappa shape index (κ1) is 23.9. The second-order valence-electron chi connectivity index (χ2n) is 7.21. The second kappa shape index (κ2) is 9.94. The molecule has 2 aromatic heterocycles. The molecule has 0 radical (unpaired) electrons. The number of anilines is 1. The molecule has 0 aliphatic rings. The Bertz CT molecular complexity index is 1340. The van der Waals surface area contributed by atoms with Crippen LogP contribution < -0.4 is 10.1 Å². The molecular weight excluding hydrogens is 489 g/mol. The van der Waals surface area contributed by atoms with Gasteiger partial charge in [-0.3, -0.25) is 9.36 Å². The van der Waals surface area contributed by atoms with E-state index >= 15 is 0 Å². The van der Waals surface area contributed by atoms with E-state index in [9.17, 15) is 18.0 Å². The Morgan fingerprint density at radius 3 is 2.76 bits per heavy atom. The molecule has 11 heteroatoms. The number of benzene rings is 2. The third kappa shape index (κ3) is 5.45. The van der Waals surface area contributed by atoms with Crippen molar-refractivity contribution in [3.63, 3.8) is 0 Å². The number of aromatic nitrogens is 3. The summed E-state index contributed by atoms with van der Waals surface area (Å²) in [5, 5.41) is 3.66. The van der Waals surface area contributed by atoms with Gasteiger partial charge < -0.3 is 10.1 Å². The maximum absolute atomic E-state index is 13.0. The summed E-state index contributed by atoms with van der Waals surface area (Å²) in [6.45, 7) is -0.117. The van der Waals surface area contributed by atoms with Gasteiger partial charge in [0.05, 0.1) is 18.4 Å². The minimum absolute atomic E-state index is 0.117. The highest BCUT2D eigenvalue weighted by atomic mass is 35.5. The van der Waals surface area contributed by atoms with E-state index in [-0.39, 0.29) is 18.2 Å². The van der Waals surface area contributed by atoms with Gasteiger partial charge in [0, 0.05) is 17.0 Å². The molecule has 0 fully saturated rings. The number of amides is 1. The number of ether oxygens (including phenoxy) is 1. The molecular formula is C23H18ClF3N4O2S. The Morgan fingerprint density at radius 1 is 1.18 bits per heavy atom. The summed E-state index contributed by atoms with van der Waals surface area (Å²) < 4.78 is 46.0. The summed E-state index contributed by atoms with van der Waals surface area (Å²) in [6.07, 6.45) is -2.84. The van der Waals surface area contributed by atoms with Crippen LogP contribution in [0.15, 0.2) is 66.0 Å². The number of alkyl halides is 3. The molecule has 0 atom stereocenters. The molecule has 4 aromatic rings. The van der Waals surface area contributed by atoms with Gasteiger partial charge in [-0.05, 0) is 42.0 Å². The number of methoxy groups -OCH3 is 1. The van der Waals surface area contributed by atoms with Gasteiger partial charge in [0.1, 0.15) is 17.8 Å². The van der Waals surface area contributed by atoms with Crippen molar-refractivity contribution in [2.75, 3.05) is 12.4 Å². The van der Waals surface area contributed by atoms with Crippen LogP contribution in [-0.4, -0.2) is 27.6 Å². The number of hydrogen-bond donors (Lipinski definition) is 1. The molecule has 0 unspecified atom stereocenters. The van der Waals surface area contributed by atoms with Gasteiger partial charge in [-0.1, -0.05) is 41.6 Å². The topological polar surface area (TPSA) is 69.0 Å². The minimum Gasteiger partial charge on any atom is -0.495 e. The van der Waals surface area contributed by atoms with E-state index in [2.05, 4.69) is 15.3 Å². The van der Waals surface area contributed by atoms with E-state index < -0.39 is 11.7 Å². The zero-order chi connectivity index (χ0) is 24.3. The van der Waals surface area contributed by atoms with Gasteiger partial charge in [-0.25, -0.2) is 9.97 Å². The molecule has 1 N–H and O–H groups in total. The monoisotopic (exact) mass is 506 g/mol. The quantitative estimate of drug-likeness (QED) is 0.309. The van der Waals surface area contributed by atoms with Gasteiger partial charge in [0.15, 0.2) is 10.8 Å². The predicted molar refractivity (Wildman–Crippen MR) is 125 cm³/mol. The number of nitrogens with zero attached hydrogens (tertiary/aromatic N) is 3. The predicted octanol–water partition coefficient (Wildman–Crippen LogP) is 6.04. The van der Waals surface area contributed by atoms with Crippen molar-refractivity contribution < 1.29 is 22.7 Å². The van der Waals surface area contributed by atoms with E-state index in [0.29, 0.717) is 38.3 Å². The van der Waals surface area contributed by atoms with Crippen LogP contribution in [0, 0.1) is 0 Å². The number of imidazole rings is 1. The number of rotatable bonds is 7. The van der Waals surface area contributed by atoms with Gasteiger partial charge in [0.2, 0.25) is 5.91 Å². The standard InChI is InChI=1S/C23H18ClF3N4O2S/c1-33-19-8-7-16(24)11-18(19)29-20(32)12-31-21-17(6-3-9-28-21)30-22(31)34-13-14-4-2-5-15(10-14)23(25,26)27/h2-11H,12-13H2,1H3,(H,29,32). The first-order valence-electron chi connectivity index (χ1n) is 9.98. The van der Waals surface area contributed by atoms with Crippen LogP contribution >= 0.6 is 23.4 Å². The Balaban J connectivity index is 1.57. The molecule has 2 aromatic carbocycles. The van der Waals surface area contributed by atoms with E-state index in [1.165, 1.54) is 24.9 Å². The zero-order valence-electron chi connectivity index (χ0n) is 17.8. The molecule has 0 spiro atoms. The smallest absolute Gasteiger partial charge is 0.416 e. The fourth-order valence-corrected chi connectivity index (χ4v) is 4.40. The van der Waals surface area contributed by atoms with Gasteiger partial charge in [0.25, 0.3) is 0 Å². The van der Waals surface area contributed by atoms with Crippen LogP contribution in [0.1, 0.15) is 11.1 Å². The number of pyridine rings is 1. The van der Waals surface area contributed by atoms with Crippen LogP contribution in [0.4, 0.5) is 18.9 Å². The molecule has 4 rings (SSSR count). The summed E-state index contributed by atoms with van der Waals surface area (Å²) in [7, 11) is 1.48. The van der Waals surface area contributed by atoms with Crippen molar-refractivity contribution in [3.05, 3.63) is 76.9 Å². The van der Waals surface area contributed by atoms with Gasteiger partial charge in [-0.2, -0.15) is 13.2 Å². The van der Waals surface area contributed by atoms with E-state index in [0.717, 1.165) is 12.1 Å². The fourth-order valence-electron chi connectivity index (χ4n) is 3.29. The van der Waals surface area contributed by atoms with Crippen molar-refractivity contribution in [2.45, 2.75) is 23.6 Å². The summed E-state index contributed by atoms with van der Waals surface area (Å²) in [5.41, 5.74) is 1.25. The SMILES string of the molecule is COc1ccc(Cl)cc1NC(=O)Cn1c(SCc2cccc(C(F)(F)F)c2)nc2cccnc21. The third-order valence-corrected chi connectivity index (χ3v) is 6.11. The first-order valence-corrected chi connectivity index (χ1v) is 11.3. The molecule has 0 aliphatic heterocycles. The Labute approximate surface area is 202 Å². The van der Waals surface area contributed by atoms with Crippen LogP contribution in [0.5, 0.6) is 5.75 Å². The number of thioether (sulfide) groups is 1. The lowest BCUT2D eigenvalue weighted by Crippen LogP contribution is -2.20. The summed E-state index contributed by atoms with van der Waals surface area (Å²) in [5.74, 6) is 0.314. The van der Waals surface area contributed by atoms with Gasteiger partial charge >= 0.3 is 6.18 Å². The average molecular weight is 507 g/mol. The van der Waals surface area contributed by atoms with E-state index in [1.54, 1.807) is 47.2 Å². The molecule has 2 heterocycles. The summed E-state index contributed by atoms with van der Waals surface area (Å²) in [4.78, 5) is 21.7. The van der Waals surface area contributed by atoms with Crippen LogP contribution in [0.2, 0.25) is 5.02 Å². The highest BCUT2D eigenvalue weighted by Gasteiger charge is 2.30. The summed E-state index contributed by atoms with van der Waals surface area (Å²) >= 11 is 7.26. The molecule has 6 nitrogen and oxygen atoms in total. The first-order chi connectivity index (χ1) is 16.2. The number of fused-ring (bicyclic) bond motifs is 1. The largest absolute Gasteiger partial charge is 0.495 e. The third-order valence-electron chi connectivity index (χ3n) is 4.83. The fraction of sp³-hybridized carbons (Fsp3) is 0.174. The van der Waals surface area contributed by atoms with Crippen molar-refractivity contribution in [1.82, 2.24) is 14.5 Å².